The molecule has 1 N–H and O–H groups in total. The minimum Gasteiger partial charge on any atom is -0.390 e. The van der Waals surface area contributed by atoms with Gasteiger partial charge in [0.1, 0.15) is 0 Å². The number of hydrogen-bond donors (Lipinski definition) is 1. The monoisotopic (exact) mass is 471 g/mol. The molecular formula is C21H30ClN3O5S. The third-order valence-corrected chi connectivity index (χ3v) is 6.41. The summed E-state index contributed by atoms with van der Waals surface area (Å²) < 4.78 is 27.8. The summed E-state index contributed by atoms with van der Waals surface area (Å²) in [5.74, 6) is 0. The van der Waals surface area contributed by atoms with Gasteiger partial charge in [-0.1, -0.05) is 32.0 Å². The van der Waals surface area contributed by atoms with Crippen LogP contribution in [0.1, 0.15) is 26.7 Å². The van der Waals surface area contributed by atoms with Crippen LogP contribution in [0.25, 0.3) is 0 Å². The fraction of sp³-hybridized carbons (Fsp3) is 0.429. The Labute approximate surface area is 190 Å². The molecule has 0 radical (unpaired) electrons. The fourth-order valence-corrected chi connectivity index (χ4v) is 4.78. The zero-order valence-electron chi connectivity index (χ0n) is 17.8. The molecule has 0 saturated heterocycles. The highest BCUT2D eigenvalue weighted by atomic mass is 35.5. The molecule has 2 aromatic carbocycles. The van der Waals surface area contributed by atoms with Crippen LogP contribution >= 0.6 is 12.4 Å². The maximum atomic E-state index is 13.3. The standard InChI is InChI=1S/C21H29N3O5S.ClH/c1-3-14-22(15-4-2)16-20(25)17-23(18-8-6-5-7-9-18)30(28,29)21-12-10-19(11-13-21)24(26)27;/h5-13,20,25H,3-4,14-17H2,1-2H3;1H. The highest BCUT2D eigenvalue weighted by molar-refractivity contribution is 7.92. The third kappa shape index (κ3) is 7.46. The van der Waals surface area contributed by atoms with E-state index in [0.29, 0.717) is 12.2 Å². The number of hydrogen-bond acceptors (Lipinski definition) is 6. The quantitative estimate of drug-likeness (QED) is 0.374. The molecule has 0 aromatic heterocycles. The van der Waals surface area contributed by atoms with E-state index in [1.54, 1.807) is 30.3 Å². The summed E-state index contributed by atoms with van der Waals surface area (Å²) >= 11 is 0. The van der Waals surface area contributed by atoms with Gasteiger partial charge in [-0.2, -0.15) is 0 Å². The molecule has 0 bridgehead atoms. The zero-order chi connectivity index (χ0) is 22.1. The number of non-ortho nitro benzene ring substituents is 1. The van der Waals surface area contributed by atoms with Crippen molar-refractivity contribution < 1.29 is 18.4 Å². The van der Waals surface area contributed by atoms with Gasteiger partial charge in [-0.3, -0.25) is 14.4 Å². The smallest absolute Gasteiger partial charge is 0.269 e. The van der Waals surface area contributed by atoms with Crippen LogP contribution in [0.4, 0.5) is 11.4 Å². The molecule has 0 aliphatic carbocycles. The Morgan fingerprint density at radius 3 is 2.00 bits per heavy atom. The lowest BCUT2D eigenvalue weighted by molar-refractivity contribution is -0.384. The first-order chi connectivity index (χ1) is 14.3. The molecule has 0 heterocycles. The summed E-state index contributed by atoms with van der Waals surface area (Å²) in [4.78, 5) is 12.4. The summed E-state index contributed by atoms with van der Waals surface area (Å²) in [5, 5.41) is 21.6. The lowest BCUT2D eigenvalue weighted by Gasteiger charge is -2.30. The van der Waals surface area contributed by atoms with Crippen molar-refractivity contribution in [2.24, 2.45) is 0 Å². The van der Waals surface area contributed by atoms with Crippen LogP contribution in [0, 0.1) is 10.1 Å². The van der Waals surface area contributed by atoms with Crippen LogP contribution in [0.5, 0.6) is 0 Å². The SMILES string of the molecule is CCCN(CCC)CC(O)CN(c1ccccc1)S(=O)(=O)c1ccc([N+](=O)[O-])cc1.Cl. The van der Waals surface area contributed by atoms with Crippen LogP contribution in [-0.4, -0.2) is 55.6 Å². The molecule has 31 heavy (non-hydrogen) atoms. The first-order valence-corrected chi connectivity index (χ1v) is 11.5. The summed E-state index contributed by atoms with van der Waals surface area (Å²) in [5.41, 5.74) is 0.238. The number of nitro groups is 1. The van der Waals surface area contributed by atoms with E-state index in [1.165, 1.54) is 12.1 Å². The number of halogens is 1. The van der Waals surface area contributed by atoms with Crippen molar-refractivity contribution in [1.82, 2.24) is 4.90 Å². The number of benzene rings is 2. The molecule has 0 saturated carbocycles. The van der Waals surface area contributed by atoms with Gasteiger partial charge >= 0.3 is 0 Å². The number of sulfonamides is 1. The molecule has 8 nitrogen and oxygen atoms in total. The van der Waals surface area contributed by atoms with E-state index >= 15 is 0 Å². The second-order valence-corrected chi connectivity index (χ2v) is 8.94. The number of anilines is 1. The van der Waals surface area contributed by atoms with Gasteiger partial charge in [0, 0.05) is 18.7 Å². The first kappa shape index (κ1) is 26.8. The maximum absolute atomic E-state index is 13.3. The molecule has 1 atom stereocenters. The van der Waals surface area contributed by atoms with E-state index in [9.17, 15) is 23.6 Å². The molecular weight excluding hydrogens is 442 g/mol. The largest absolute Gasteiger partial charge is 0.390 e. The Morgan fingerprint density at radius 1 is 0.968 bits per heavy atom. The molecule has 0 aliphatic heterocycles. The predicted molar refractivity (Wildman–Crippen MR) is 124 cm³/mol. The van der Waals surface area contributed by atoms with Crippen LogP contribution in [0.15, 0.2) is 59.5 Å². The molecule has 2 rings (SSSR count). The van der Waals surface area contributed by atoms with Crippen molar-refractivity contribution in [2.75, 3.05) is 30.5 Å². The van der Waals surface area contributed by atoms with E-state index in [2.05, 4.69) is 18.7 Å². The van der Waals surface area contributed by atoms with Crippen molar-refractivity contribution in [1.29, 1.82) is 0 Å². The second-order valence-electron chi connectivity index (χ2n) is 7.08. The van der Waals surface area contributed by atoms with E-state index in [0.717, 1.165) is 42.4 Å². The number of para-hydroxylation sites is 1. The Morgan fingerprint density at radius 2 is 1.52 bits per heavy atom. The fourth-order valence-electron chi connectivity index (χ4n) is 3.28. The molecule has 0 amide bonds. The molecule has 10 heteroatoms. The van der Waals surface area contributed by atoms with Gasteiger partial charge in [0.25, 0.3) is 15.7 Å². The topological polar surface area (TPSA) is 104 Å². The maximum Gasteiger partial charge on any atom is 0.269 e. The molecule has 0 spiro atoms. The number of nitrogens with zero attached hydrogens (tertiary/aromatic N) is 3. The van der Waals surface area contributed by atoms with Crippen molar-refractivity contribution in [3.63, 3.8) is 0 Å². The average Bonchev–Trinajstić information content (AvgIpc) is 2.73. The molecule has 1 unspecified atom stereocenters. The van der Waals surface area contributed by atoms with E-state index in [-0.39, 0.29) is 29.5 Å². The summed E-state index contributed by atoms with van der Waals surface area (Å²) in [7, 11) is -4.02. The minimum atomic E-state index is -4.02. The Balaban J connectivity index is 0.00000480. The van der Waals surface area contributed by atoms with Gasteiger partial charge < -0.3 is 10.0 Å². The van der Waals surface area contributed by atoms with Crippen LogP contribution in [-0.2, 0) is 10.0 Å². The van der Waals surface area contributed by atoms with E-state index in [1.807, 2.05) is 0 Å². The Hall–Kier alpha value is -2.20. The average molecular weight is 472 g/mol. The van der Waals surface area contributed by atoms with Crippen LogP contribution in [0.2, 0.25) is 0 Å². The highest BCUT2D eigenvalue weighted by Crippen LogP contribution is 2.25. The zero-order valence-corrected chi connectivity index (χ0v) is 19.4. The summed E-state index contributed by atoms with van der Waals surface area (Å²) in [6, 6.07) is 13.3. The summed E-state index contributed by atoms with van der Waals surface area (Å²) in [6.07, 6.45) is 0.989. The molecule has 2 aromatic rings. The van der Waals surface area contributed by atoms with Crippen molar-refractivity contribution in [2.45, 2.75) is 37.7 Å². The van der Waals surface area contributed by atoms with Crippen molar-refractivity contribution in [3.8, 4) is 0 Å². The number of nitro benzene ring substituents is 1. The van der Waals surface area contributed by atoms with E-state index in [4.69, 9.17) is 0 Å². The van der Waals surface area contributed by atoms with Crippen LogP contribution < -0.4 is 4.31 Å². The van der Waals surface area contributed by atoms with Gasteiger partial charge in [0.05, 0.1) is 28.2 Å². The highest BCUT2D eigenvalue weighted by Gasteiger charge is 2.28. The van der Waals surface area contributed by atoms with Gasteiger partial charge in [-0.05, 0) is 50.2 Å². The molecule has 0 fully saturated rings. The van der Waals surface area contributed by atoms with Crippen molar-refractivity contribution in [3.05, 3.63) is 64.7 Å². The van der Waals surface area contributed by atoms with Gasteiger partial charge in [-0.15, -0.1) is 12.4 Å². The Bertz CT molecular complexity index is 904. The molecule has 172 valence electrons. The third-order valence-electron chi connectivity index (χ3n) is 4.60. The van der Waals surface area contributed by atoms with Gasteiger partial charge in [0.2, 0.25) is 0 Å². The Kier molecular flexibility index (Phi) is 10.9. The molecule has 0 aliphatic rings. The van der Waals surface area contributed by atoms with Gasteiger partial charge in [-0.25, -0.2) is 8.42 Å². The van der Waals surface area contributed by atoms with Crippen LogP contribution in [0.3, 0.4) is 0 Å². The lowest BCUT2D eigenvalue weighted by Crippen LogP contribution is -2.43. The van der Waals surface area contributed by atoms with Crippen molar-refractivity contribution >= 4 is 33.8 Å². The van der Waals surface area contributed by atoms with Gasteiger partial charge in [0.15, 0.2) is 0 Å². The second kappa shape index (κ2) is 12.6. The first-order valence-electron chi connectivity index (χ1n) is 10.0. The number of aliphatic hydroxyl groups excluding tert-OH is 1. The lowest BCUT2D eigenvalue weighted by atomic mass is 10.2. The van der Waals surface area contributed by atoms with E-state index < -0.39 is 21.1 Å². The predicted octanol–water partition coefficient (Wildman–Crippen LogP) is 3.69. The summed E-state index contributed by atoms with van der Waals surface area (Å²) in [6.45, 7) is 6.01. The number of rotatable bonds is 12. The minimum absolute atomic E-state index is 0. The number of aliphatic hydroxyl groups is 1. The normalized spacial score (nSPS) is 12.3.